The van der Waals surface area contributed by atoms with Crippen molar-refractivity contribution in [2.45, 2.75) is 59.7 Å². The number of amides is 2. The summed E-state index contributed by atoms with van der Waals surface area (Å²) in [5.74, 6) is 0.270. The Kier molecular flexibility index (Phi) is 9.07. The van der Waals surface area contributed by atoms with E-state index < -0.39 is 6.04 Å². The van der Waals surface area contributed by atoms with E-state index in [1.807, 2.05) is 107 Å². The Morgan fingerprint density at radius 2 is 1.51 bits per heavy atom. The maximum atomic E-state index is 13.6. The summed E-state index contributed by atoms with van der Waals surface area (Å²) in [6.07, 6.45) is 0.417. The van der Waals surface area contributed by atoms with Gasteiger partial charge in [0.15, 0.2) is 6.61 Å². The predicted octanol–water partition coefficient (Wildman–Crippen LogP) is 5.16. The standard InChI is InChI=1S/C30H36N2O3/c1-21(2)31-30(34)27(18-25-9-7-6-8-10-25)32(19-26-14-11-22(3)12-15-26)29(33)20-35-28-16-13-23(4)17-24(28)5/h6-17,21,27H,18-20H2,1-5H3,(H,31,34)/t27-/m0/s1. The molecule has 0 aliphatic carbocycles. The van der Waals surface area contributed by atoms with Crippen LogP contribution < -0.4 is 10.1 Å². The summed E-state index contributed by atoms with van der Waals surface area (Å²) in [5.41, 5.74) is 5.21. The fraction of sp³-hybridized carbons (Fsp3) is 0.333. The summed E-state index contributed by atoms with van der Waals surface area (Å²) in [4.78, 5) is 28.6. The maximum Gasteiger partial charge on any atom is 0.261 e. The van der Waals surface area contributed by atoms with Crippen molar-refractivity contribution in [2.75, 3.05) is 6.61 Å². The minimum Gasteiger partial charge on any atom is -0.483 e. The van der Waals surface area contributed by atoms with Crippen LogP contribution in [0.5, 0.6) is 5.75 Å². The molecule has 1 N–H and O–H groups in total. The van der Waals surface area contributed by atoms with Gasteiger partial charge in [-0.3, -0.25) is 9.59 Å². The SMILES string of the molecule is Cc1ccc(CN(C(=O)COc2ccc(C)cc2C)[C@@H](Cc2ccccc2)C(=O)NC(C)C)cc1. The average Bonchev–Trinajstić information content (AvgIpc) is 2.82. The van der Waals surface area contributed by atoms with Crippen molar-refractivity contribution in [1.29, 1.82) is 0 Å². The Balaban J connectivity index is 1.91. The molecule has 5 heteroatoms. The Labute approximate surface area is 209 Å². The topological polar surface area (TPSA) is 58.6 Å². The predicted molar refractivity (Wildman–Crippen MR) is 140 cm³/mol. The first-order valence-electron chi connectivity index (χ1n) is 12.1. The van der Waals surface area contributed by atoms with Gasteiger partial charge in [0.05, 0.1) is 0 Å². The van der Waals surface area contributed by atoms with Crippen LogP contribution in [0.1, 0.15) is 41.7 Å². The van der Waals surface area contributed by atoms with Crippen molar-refractivity contribution in [3.63, 3.8) is 0 Å². The molecule has 0 radical (unpaired) electrons. The molecule has 0 bridgehead atoms. The van der Waals surface area contributed by atoms with E-state index in [1.54, 1.807) is 4.90 Å². The second-order valence-corrected chi connectivity index (χ2v) is 9.43. The molecule has 3 aromatic rings. The lowest BCUT2D eigenvalue weighted by molar-refractivity contribution is -0.143. The molecule has 0 spiro atoms. The summed E-state index contributed by atoms with van der Waals surface area (Å²) in [5, 5.41) is 3.01. The van der Waals surface area contributed by atoms with E-state index in [2.05, 4.69) is 5.32 Å². The molecule has 35 heavy (non-hydrogen) atoms. The molecular weight excluding hydrogens is 436 g/mol. The van der Waals surface area contributed by atoms with Gasteiger partial charge >= 0.3 is 0 Å². The highest BCUT2D eigenvalue weighted by molar-refractivity contribution is 5.88. The fourth-order valence-electron chi connectivity index (χ4n) is 4.01. The summed E-state index contributed by atoms with van der Waals surface area (Å²) >= 11 is 0. The van der Waals surface area contributed by atoms with E-state index in [4.69, 9.17) is 4.74 Å². The Morgan fingerprint density at radius 1 is 0.857 bits per heavy atom. The molecule has 0 fully saturated rings. The lowest BCUT2D eigenvalue weighted by atomic mass is 10.0. The monoisotopic (exact) mass is 472 g/mol. The van der Waals surface area contributed by atoms with E-state index >= 15 is 0 Å². The fourth-order valence-corrected chi connectivity index (χ4v) is 4.01. The lowest BCUT2D eigenvalue weighted by Gasteiger charge is -2.32. The van der Waals surface area contributed by atoms with E-state index in [9.17, 15) is 9.59 Å². The molecule has 0 aliphatic heterocycles. The molecular formula is C30H36N2O3. The van der Waals surface area contributed by atoms with Crippen LogP contribution in [0.4, 0.5) is 0 Å². The van der Waals surface area contributed by atoms with Crippen LogP contribution in [-0.4, -0.2) is 35.4 Å². The van der Waals surface area contributed by atoms with Crippen molar-refractivity contribution in [3.8, 4) is 5.75 Å². The summed E-state index contributed by atoms with van der Waals surface area (Å²) in [6.45, 7) is 10.0. The van der Waals surface area contributed by atoms with Gasteiger partial charge in [-0.2, -0.15) is 0 Å². The number of carbonyl (C=O) groups is 2. The molecule has 0 saturated heterocycles. The second-order valence-electron chi connectivity index (χ2n) is 9.43. The maximum absolute atomic E-state index is 13.6. The van der Waals surface area contributed by atoms with Crippen LogP contribution in [0, 0.1) is 20.8 Å². The minimum absolute atomic E-state index is 0.0384. The van der Waals surface area contributed by atoms with Crippen molar-refractivity contribution in [2.24, 2.45) is 0 Å². The quantitative estimate of drug-likeness (QED) is 0.444. The molecule has 0 aromatic heterocycles. The molecule has 0 heterocycles. The number of aryl methyl sites for hydroxylation is 3. The highest BCUT2D eigenvalue weighted by Gasteiger charge is 2.31. The first-order valence-corrected chi connectivity index (χ1v) is 12.1. The summed E-state index contributed by atoms with van der Waals surface area (Å²) in [7, 11) is 0. The zero-order valence-corrected chi connectivity index (χ0v) is 21.4. The van der Waals surface area contributed by atoms with Crippen LogP contribution in [-0.2, 0) is 22.6 Å². The van der Waals surface area contributed by atoms with Crippen molar-refractivity contribution < 1.29 is 14.3 Å². The smallest absolute Gasteiger partial charge is 0.261 e. The van der Waals surface area contributed by atoms with Gasteiger partial charge in [0.25, 0.3) is 5.91 Å². The molecule has 1 atom stereocenters. The molecule has 3 aromatic carbocycles. The van der Waals surface area contributed by atoms with E-state index in [-0.39, 0.29) is 24.5 Å². The third kappa shape index (κ3) is 7.71. The zero-order chi connectivity index (χ0) is 25.4. The first-order chi connectivity index (χ1) is 16.7. The summed E-state index contributed by atoms with van der Waals surface area (Å²) < 4.78 is 5.93. The molecule has 2 amide bonds. The van der Waals surface area contributed by atoms with Gasteiger partial charge in [-0.05, 0) is 57.4 Å². The van der Waals surface area contributed by atoms with Crippen molar-refractivity contribution >= 4 is 11.8 Å². The Hall–Kier alpha value is -3.60. The number of ether oxygens (including phenoxy) is 1. The van der Waals surface area contributed by atoms with Crippen molar-refractivity contribution in [3.05, 3.63) is 101 Å². The number of hydrogen-bond donors (Lipinski definition) is 1. The number of nitrogens with one attached hydrogen (secondary N) is 1. The highest BCUT2D eigenvalue weighted by Crippen LogP contribution is 2.20. The summed E-state index contributed by atoms with van der Waals surface area (Å²) in [6, 6.07) is 23.0. The molecule has 3 rings (SSSR count). The second kappa shape index (κ2) is 12.2. The third-order valence-electron chi connectivity index (χ3n) is 5.86. The van der Waals surface area contributed by atoms with Gasteiger partial charge in [-0.1, -0.05) is 77.9 Å². The van der Waals surface area contributed by atoms with Crippen LogP contribution in [0.3, 0.4) is 0 Å². The van der Waals surface area contributed by atoms with Crippen LogP contribution in [0.15, 0.2) is 72.8 Å². The van der Waals surface area contributed by atoms with Gasteiger partial charge in [0.2, 0.25) is 5.91 Å². The number of nitrogens with zero attached hydrogens (tertiary/aromatic N) is 1. The Morgan fingerprint density at radius 3 is 2.14 bits per heavy atom. The molecule has 184 valence electrons. The normalized spacial score (nSPS) is 11.7. The first kappa shape index (κ1) is 26.0. The van der Waals surface area contributed by atoms with Gasteiger partial charge < -0.3 is 15.0 Å². The zero-order valence-electron chi connectivity index (χ0n) is 21.4. The minimum atomic E-state index is -0.670. The molecule has 0 saturated carbocycles. The average molecular weight is 473 g/mol. The molecule has 5 nitrogen and oxygen atoms in total. The molecule has 0 aliphatic rings. The number of carbonyl (C=O) groups excluding carboxylic acids is 2. The van der Waals surface area contributed by atoms with Gasteiger partial charge in [-0.15, -0.1) is 0 Å². The number of hydrogen-bond acceptors (Lipinski definition) is 3. The van der Waals surface area contributed by atoms with Crippen molar-refractivity contribution in [1.82, 2.24) is 10.2 Å². The van der Waals surface area contributed by atoms with Gasteiger partial charge in [0.1, 0.15) is 11.8 Å². The highest BCUT2D eigenvalue weighted by atomic mass is 16.5. The van der Waals surface area contributed by atoms with Crippen LogP contribution in [0.25, 0.3) is 0 Å². The van der Waals surface area contributed by atoms with Crippen LogP contribution >= 0.6 is 0 Å². The third-order valence-corrected chi connectivity index (χ3v) is 5.86. The van der Waals surface area contributed by atoms with Gasteiger partial charge in [0, 0.05) is 19.0 Å². The molecule has 0 unspecified atom stereocenters. The number of rotatable bonds is 10. The number of benzene rings is 3. The van der Waals surface area contributed by atoms with Crippen LogP contribution in [0.2, 0.25) is 0 Å². The Bertz CT molecular complexity index is 1120. The lowest BCUT2D eigenvalue weighted by Crippen LogP contribution is -2.52. The van der Waals surface area contributed by atoms with Gasteiger partial charge in [-0.25, -0.2) is 0 Å². The van der Waals surface area contributed by atoms with E-state index in [1.165, 1.54) is 0 Å². The largest absolute Gasteiger partial charge is 0.483 e. The van der Waals surface area contributed by atoms with E-state index in [0.29, 0.717) is 18.7 Å². The van der Waals surface area contributed by atoms with E-state index in [0.717, 1.165) is 27.8 Å².